The summed E-state index contributed by atoms with van der Waals surface area (Å²) in [5.74, 6) is -1.75. The number of anilines is 1. The molecule has 0 saturated carbocycles. The van der Waals surface area contributed by atoms with Crippen molar-refractivity contribution in [2.45, 2.75) is 27.7 Å². The van der Waals surface area contributed by atoms with Crippen molar-refractivity contribution >= 4 is 28.5 Å². The van der Waals surface area contributed by atoms with E-state index >= 15 is 0 Å². The van der Waals surface area contributed by atoms with Gasteiger partial charge in [0.15, 0.2) is 5.76 Å². The molecule has 0 bridgehead atoms. The Hall–Kier alpha value is -3.15. The Morgan fingerprint density at radius 3 is 2.31 bits per heavy atom. The van der Waals surface area contributed by atoms with Gasteiger partial charge in [-0.05, 0) is 51.0 Å². The number of benzene rings is 2. The second kappa shape index (κ2) is 6.29. The summed E-state index contributed by atoms with van der Waals surface area (Å²) < 4.78 is 19.8. The van der Waals surface area contributed by atoms with Crippen LogP contribution in [0.4, 0.5) is 10.1 Å². The third kappa shape index (κ3) is 2.83. The maximum absolute atomic E-state index is 14.0. The molecule has 134 valence electrons. The number of carbonyl (C=O) groups excluding carboxylic acids is 2. The van der Waals surface area contributed by atoms with Crippen molar-refractivity contribution < 1.29 is 18.4 Å². The summed E-state index contributed by atoms with van der Waals surface area (Å²) in [6, 6.07) is 6.30. The van der Waals surface area contributed by atoms with Gasteiger partial charge in [0.1, 0.15) is 11.4 Å². The van der Waals surface area contributed by atoms with Gasteiger partial charge < -0.3 is 15.5 Å². The van der Waals surface area contributed by atoms with Gasteiger partial charge in [-0.1, -0.05) is 12.1 Å². The lowest BCUT2D eigenvalue weighted by Gasteiger charge is -2.10. The molecule has 3 aromatic rings. The molecule has 0 saturated heterocycles. The number of hydrogen-bond acceptors (Lipinski definition) is 3. The van der Waals surface area contributed by atoms with Gasteiger partial charge in [-0.25, -0.2) is 4.39 Å². The average Bonchev–Trinajstić information content (AvgIpc) is 2.93. The van der Waals surface area contributed by atoms with Crippen LogP contribution >= 0.6 is 0 Å². The standard InChI is InChI=1S/C20H19FN2O3/c1-9-5-6-10(2)17-16(9)12(4)18(26-17)20(25)23-15-8-13(19(22)24)7-14(21)11(15)3/h5-8H,1-4H3,(H2,22,24)(H,23,25). The monoisotopic (exact) mass is 354 g/mol. The predicted octanol–water partition coefficient (Wildman–Crippen LogP) is 4.16. The second-order valence-electron chi connectivity index (χ2n) is 6.41. The minimum absolute atomic E-state index is 0.0172. The lowest BCUT2D eigenvalue weighted by Crippen LogP contribution is -2.16. The van der Waals surface area contributed by atoms with Gasteiger partial charge in [0.25, 0.3) is 5.91 Å². The van der Waals surface area contributed by atoms with Gasteiger partial charge in [-0.15, -0.1) is 0 Å². The molecule has 1 aromatic heterocycles. The highest BCUT2D eigenvalue weighted by atomic mass is 19.1. The van der Waals surface area contributed by atoms with E-state index in [0.717, 1.165) is 22.6 Å². The molecule has 26 heavy (non-hydrogen) atoms. The number of nitrogens with two attached hydrogens (primary N) is 1. The molecule has 0 aliphatic heterocycles. The third-order valence-electron chi connectivity index (χ3n) is 4.57. The van der Waals surface area contributed by atoms with Crippen molar-refractivity contribution in [3.63, 3.8) is 0 Å². The van der Waals surface area contributed by atoms with Crippen LogP contribution in [-0.2, 0) is 0 Å². The van der Waals surface area contributed by atoms with E-state index in [2.05, 4.69) is 5.32 Å². The number of amides is 2. The van der Waals surface area contributed by atoms with E-state index in [4.69, 9.17) is 10.2 Å². The molecule has 0 spiro atoms. The molecule has 0 fully saturated rings. The molecule has 2 aromatic carbocycles. The maximum Gasteiger partial charge on any atom is 0.291 e. The van der Waals surface area contributed by atoms with Crippen LogP contribution < -0.4 is 11.1 Å². The molecule has 2 amide bonds. The fourth-order valence-electron chi connectivity index (χ4n) is 3.02. The van der Waals surface area contributed by atoms with Crippen LogP contribution in [0.1, 0.15) is 43.2 Å². The quantitative estimate of drug-likeness (QED) is 0.741. The summed E-state index contributed by atoms with van der Waals surface area (Å²) in [4.78, 5) is 24.1. The van der Waals surface area contributed by atoms with Gasteiger partial charge in [-0.2, -0.15) is 0 Å². The first-order valence-corrected chi connectivity index (χ1v) is 8.11. The van der Waals surface area contributed by atoms with Gasteiger partial charge in [-0.3, -0.25) is 9.59 Å². The van der Waals surface area contributed by atoms with E-state index in [1.807, 2.05) is 26.0 Å². The highest BCUT2D eigenvalue weighted by molar-refractivity contribution is 6.08. The second-order valence-corrected chi connectivity index (χ2v) is 6.41. The molecule has 0 aliphatic carbocycles. The number of primary amides is 1. The molecule has 0 atom stereocenters. The zero-order valence-corrected chi connectivity index (χ0v) is 15.0. The Kier molecular flexibility index (Phi) is 4.28. The average molecular weight is 354 g/mol. The third-order valence-corrected chi connectivity index (χ3v) is 4.57. The van der Waals surface area contributed by atoms with Crippen LogP contribution in [0.25, 0.3) is 11.0 Å². The Balaban J connectivity index is 2.06. The first kappa shape index (κ1) is 17.7. The first-order chi connectivity index (χ1) is 12.2. The summed E-state index contributed by atoms with van der Waals surface area (Å²) >= 11 is 0. The normalized spacial score (nSPS) is 11.0. The molecule has 0 unspecified atom stereocenters. The maximum atomic E-state index is 14.0. The highest BCUT2D eigenvalue weighted by Crippen LogP contribution is 2.31. The van der Waals surface area contributed by atoms with E-state index in [0.29, 0.717) is 11.1 Å². The van der Waals surface area contributed by atoms with Crippen LogP contribution in [0.15, 0.2) is 28.7 Å². The molecule has 1 heterocycles. The minimum Gasteiger partial charge on any atom is -0.450 e. The number of carbonyl (C=O) groups is 2. The van der Waals surface area contributed by atoms with E-state index in [9.17, 15) is 14.0 Å². The Morgan fingerprint density at radius 1 is 1.04 bits per heavy atom. The first-order valence-electron chi connectivity index (χ1n) is 8.11. The Bertz CT molecular complexity index is 1070. The number of nitrogens with one attached hydrogen (secondary N) is 1. The SMILES string of the molecule is Cc1c(F)cc(C(N)=O)cc1NC(=O)c1oc2c(C)ccc(C)c2c1C. The van der Waals surface area contributed by atoms with Crippen molar-refractivity contribution in [1.82, 2.24) is 0 Å². The predicted molar refractivity (Wildman–Crippen MR) is 98.0 cm³/mol. The number of halogens is 1. The Morgan fingerprint density at radius 2 is 1.69 bits per heavy atom. The molecule has 0 aliphatic rings. The zero-order valence-electron chi connectivity index (χ0n) is 15.0. The number of rotatable bonds is 3. The summed E-state index contributed by atoms with van der Waals surface area (Å²) in [7, 11) is 0. The molecule has 3 N–H and O–H groups in total. The number of aryl methyl sites for hydroxylation is 3. The summed E-state index contributed by atoms with van der Waals surface area (Å²) in [5.41, 5.74) is 8.88. The van der Waals surface area contributed by atoms with Crippen LogP contribution in [0.3, 0.4) is 0 Å². The summed E-state index contributed by atoms with van der Waals surface area (Å²) in [6.45, 7) is 7.17. The minimum atomic E-state index is -0.773. The van der Waals surface area contributed by atoms with Crippen molar-refractivity contribution in [2.24, 2.45) is 5.73 Å². The summed E-state index contributed by atoms with van der Waals surface area (Å²) in [6.07, 6.45) is 0. The van der Waals surface area contributed by atoms with Crippen LogP contribution in [-0.4, -0.2) is 11.8 Å². The van der Waals surface area contributed by atoms with Crippen LogP contribution in [0.2, 0.25) is 0 Å². The van der Waals surface area contributed by atoms with Gasteiger partial charge >= 0.3 is 0 Å². The smallest absolute Gasteiger partial charge is 0.291 e. The van der Waals surface area contributed by atoms with E-state index in [1.54, 1.807) is 6.92 Å². The fourth-order valence-corrected chi connectivity index (χ4v) is 3.02. The van der Waals surface area contributed by atoms with Crippen molar-refractivity contribution in [3.8, 4) is 0 Å². The van der Waals surface area contributed by atoms with Crippen molar-refractivity contribution in [1.29, 1.82) is 0 Å². The largest absolute Gasteiger partial charge is 0.450 e. The van der Waals surface area contributed by atoms with Crippen LogP contribution in [0, 0.1) is 33.5 Å². The molecule has 3 rings (SSSR count). The van der Waals surface area contributed by atoms with E-state index in [-0.39, 0.29) is 22.6 Å². The zero-order chi connectivity index (χ0) is 19.2. The molecule has 5 nitrogen and oxygen atoms in total. The highest BCUT2D eigenvalue weighted by Gasteiger charge is 2.21. The van der Waals surface area contributed by atoms with Crippen molar-refractivity contribution in [2.75, 3.05) is 5.32 Å². The van der Waals surface area contributed by atoms with Gasteiger partial charge in [0, 0.05) is 27.8 Å². The molecule has 6 heteroatoms. The molecule has 0 radical (unpaired) electrons. The number of furan rings is 1. The molecular weight excluding hydrogens is 335 g/mol. The topological polar surface area (TPSA) is 85.3 Å². The fraction of sp³-hybridized carbons (Fsp3) is 0.200. The van der Waals surface area contributed by atoms with Crippen LogP contribution in [0.5, 0.6) is 0 Å². The molecular formula is C20H19FN2O3. The van der Waals surface area contributed by atoms with Crippen molar-refractivity contribution in [3.05, 3.63) is 63.7 Å². The van der Waals surface area contributed by atoms with Gasteiger partial charge in [0.2, 0.25) is 5.91 Å². The van der Waals surface area contributed by atoms with E-state index in [1.165, 1.54) is 13.0 Å². The Labute approximate surface area is 150 Å². The number of hydrogen-bond donors (Lipinski definition) is 2. The van der Waals surface area contributed by atoms with E-state index < -0.39 is 17.6 Å². The lowest BCUT2D eigenvalue weighted by atomic mass is 10.0. The van der Waals surface area contributed by atoms with Gasteiger partial charge in [0.05, 0.1) is 0 Å². The summed E-state index contributed by atoms with van der Waals surface area (Å²) in [5, 5.41) is 3.52. The number of fused-ring (bicyclic) bond motifs is 1. The lowest BCUT2D eigenvalue weighted by molar-refractivity contribution is 0.0988.